The van der Waals surface area contributed by atoms with Gasteiger partial charge < -0.3 is 122 Å². The Bertz CT molecular complexity index is 5550. The number of urea groups is 6. The highest BCUT2D eigenvalue weighted by Crippen LogP contribution is 2.44. The first-order chi connectivity index (χ1) is 71.1. The van der Waals surface area contributed by atoms with Crippen LogP contribution in [0, 0.1) is 0 Å². The summed E-state index contributed by atoms with van der Waals surface area (Å²) in [6, 6.07) is 38.1. The highest BCUT2D eigenvalue weighted by molar-refractivity contribution is 5.99. The van der Waals surface area contributed by atoms with Gasteiger partial charge in [0.25, 0.3) is 0 Å². The van der Waals surface area contributed by atoms with Crippen molar-refractivity contribution in [2.24, 2.45) is 5.73 Å². The second kappa shape index (κ2) is 49.1. The number of piperidine rings is 9. The van der Waals surface area contributed by atoms with Gasteiger partial charge in [-0.15, -0.1) is 0 Å². The molecule has 36 nitrogen and oxygen atoms in total. The monoisotopic (exact) mass is 2030 g/mol. The molecule has 1 saturated carbocycles. The maximum atomic E-state index is 14.0. The van der Waals surface area contributed by atoms with Gasteiger partial charge >= 0.3 is 42.4 Å². The van der Waals surface area contributed by atoms with Crippen molar-refractivity contribution >= 4 is 94.2 Å². The van der Waals surface area contributed by atoms with E-state index in [0.29, 0.717) is 178 Å². The van der Waals surface area contributed by atoms with Crippen molar-refractivity contribution in [3.63, 3.8) is 0 Å². The molecule has 39 heteroatoms. The first-order valence-electron chi connectivity index (χ1n) is 53.1. The average molecular weight is 2030 g/mol. The van der Waals surface area contributed by atoms with Gasteiger partial charge in [-0.05, 0) is 232 Å². The lowest BCUT2D eigenvalue weighted by molar-refractivity contribution is -0.140. The zero-order valence-corrected chi connectivity index (χ0v) is 84.6. The van der Waals surface area contributed by atoms with Crippen LogP contribution in [-0.2, 0) is 55.3 Å². The Morgan fingerprint density at radius 3 is 1.20 bits per heavy atom. The Morgan fingerprint density at radius 2 is 0.796 bits per heavy atom. The molecule has 6 aromatic rings. The summed E-state index contributed by atoms with van der Waals surface area (Å²) in [5, 5.41) is 37.2. The van der Waals surface area contributed by atoms with Gasteiger partial charge in [-0.25, -0.2) is 28.8 Å². The fourth-order valence-electron chi connectivity index (χ4n) is 23.6. The number of methoxy groups -OCH3 is 2. The largest absolute Gasteiger partial charge is 0.497 e. The molecule has 17 amide bonds. The lowest BCUT2D eigenvalue weighted by Gasteiger charge is -2.43. The maximum absolute atomic E-state index is 14.0. The molecule has 1 aliphatic carbocycles. The van der Waals surface area contributed by atoms with E-state index in [1.807, 2.05) is 123 Å². The molecule has 147 heavy (non-hydrogen) atoms. The van der Waals surface area contributed by atoms with Crippen molar-refractivity contribution in [2.45, 2.75) is 259 Å². The Balaban J connectivity index is 0.000000151. The summed E-state index contributed by atoms with van der Waals surface area (Å²) in [6.07, 6.45) is 14.7. The average Bonchev–Trinajstić information content (AvgIpc) is 1.59. The van der Waals surface area contributed by atoms with Crippen molar-refractivity contribution in [3.05, 3.63) is 173 Å². The molecule has 13 aliphatic rings. The number of para-hydroxylation sites is 3. The van der Waals surface area contributed by atoms with Crippen LogP contribution < -0.4 is 63.1 Å². The zero-order valence-electron chi connectivity index (χ0n) is 84.6. The number of nitrogens with two attached hydrogens (primary N) is 1. The van der Waals surface area contributed by atoms with Crippen LogP contribution in [0.5, 0.6) is 11.5 Å². The fraction of sp³-hybridized carbons (Fsp3) is 0.565. The number of ether oxygens (including phenoxy) is 2. The van der Waals surface area contributed by atoms with Crippen molar-refractivity contribution in [1.29, 1.82) is 0 Å². The second-order valence-corrected chi connectivity index (χ2v) is 41.5. The molecular formula is C108H145F3N22O14. The van der Waals surface area contributed by atoms with Gasteiger partial charge in [0.2, 0.25) is 29.5 Å². The van der Waals surface area contributed by atoms with Crippen LogP contribution >= 0.6 is 0 Å². The SMILES string of the molecule is COc1ccc(NC(=O)N[C@@H](CC(=O)N2CCC(N3Cc4ccccc4NC3=O)CC2)C(=O)N2CCC(N3CCCCC3)CC2)c(OC)c1.N[C@@]1(c2ccccc2)C[C@H]1NC(=O)N[C@@H](CC(=O)N1CCC(N2Cc3ccccc3NC2=O)CC1)[C@H](O)N1CCC(N2CCCCC2)CC1.O=C(Nc1cccc(C(F)(F)F)c1)N[C@@H](CC(=O)N1CCC(N2Cc3ccccc3NC2=O)CC1)C(=O)N1CCC(N2CCCCC2)CC1. The molecule has 0 bridgehead atoms. The minimum absolute atomic E-state index is 0.000542. The highest BCUT2D eigenvalue weighted by atomic mass is 19.4. The van der Waals surface area contributed by atoms with E-state index in [-0.39, 0.29) is 96.7 Å². The van der Waals surface area contributed by atoms with Gasteiger partial charge in [-0.2, -0.15) is 13.2 Å². The summed E-state index contributed by atoms with van der Waals surface area (Å²) >= 11 is 0. The Hall–Kier alpha value is -12.6. The number of carbonyl (C=O) groups is 11. The van der Waals surface area contributed by atoms with Crippen molar-refractivity contribution in [2.75, 3.05) is 159 Å². The first-order valence-corrected chi connectivity index (χ1v) is 53.1. The predicted octanol–water partition coefficient (Wildman–Crippen LogP) is 12.2. The number of fused-ring (bicyclic) bond motifs is 3. The summed E-state index contributed by atoms with van der Waals surface area (Å²) in [4.78, 5) is 171. The molecule has 0 unspecified atom stereocenters. The van der Waals surface area contributed by atoms with E-state index in [4.69, 9.17) is 15.2 Å². The standard InChI is InChI=1S/C37H52N8O4.C36H49N7O6.C35H44F3N7O4/c38-37(27-10-3-1-4-11-27)24-32(37)41-35(48)39-31(34(47)44-21-13-28(14-22-44)42-17-7-2-8-18-42)23-33(46)43-19-15-29(16-20-43)45-25-26-9-5-6-12-30(26)40-36(45)49;1-48-28-10-11-30(32(22-28)49-2)37-35(46)38-31(34(45)42-20-12-26(13-21-42)40-16-6-3-7-17-40)23-33(44)41-18-14-27(15-19-41)43-24-25-8-4-5-9-29(25)39-36(43)47;36-35(37,38)25-8-6-9-26(21-25)39-33(48)40-30(32(47)44-19-11-27(12-20-44)42-15-4-1-5-16-42)22-31(46)43-17-13-28(14-18-43)45-23-24-7-2-3-10-29(24)41-34(45)49/h1,3-6,9-12,28-29,31-32,34,47H,2,7-8,13-25,38H2,(H,40,49)(H2,39,41,48);4-5,8-11,22,26-27,31H,3,6-7,12-21,23-24H2,1-2H3,(H,39,47)(H2,37,38,46);2-3,6-10,21,27-28,30H,1,4-5,11-20,22-23H2,(H,41,49)(H2,39,40,48)/t31-,32+,34-,37+;31-;30-/m000/s1. The van der Waals surface area contributed by atoms with Gasteiger partial charge in [0, 0.05) is 163 Å². The van der Waals surface area contributed by atoms with E-state index in [1.54, 1.807) is 49.8 Å². The number of benzene rings is 6. The zero-order chi connectivity index (χ0) is 103. The molecule has 792 valence electrons. The quantitative estimate of drug-likeness (QED) is 0.0254. The molecule has 9 saturated heterocycles. The van der Waals surface area contributed by atoms with E-state index in [0.717, 1.165) is 129 Å². The van der Waals surface area contributed by atoms with Gasteiger partial charge in [0.15, 0.2) is 0 Å². The number of halogens is 3. The molecule has 0 aromatic heterocycles. The Kier molecular flexibility index (Phi) is 35.3. The number of amides is 17. The van der Waals surface area contributed by atoms with E-state index in [1.165, 1.54) is 77.0 Å². The normalized spacial score (nSPS) is 22.3. The number of hydrogen-bond acceptors (Lipinski definition) is 19. The van der Waals surface area contributed by atoms with Crippen LogP contribution in [0.15, 0.2) is 146 Å². The Labute approximate surface area is 858 Å². The van der Waals surface area contributed by atoms with E-state index >= 15 is 0 Å². The van der Waals surface area contributed by atoms with E-state index < -0.39 is 59.7 Å². The maximum Gasteiger partial charge on any atom is 0.416 e. The van der Waals surface area contributed by atoms with Gasteiger partial charge in [-0.1, -0.05) is 110 Å². The van der Waals surface area contributed by atoms with E-state index in [2.05, 4.69) is 62.6 Å². The molecule has 0 radical (unpaired) electrons. The molecule has 12 aliphatic heterocycles. The minimum Gasteiger partial charge on any atom is -0.497 e. The molecule has 6 atom stereocenters. The molecule has 6 aromatic carbocycles. The fourth-order valence-corrected chi connectivity index (χ4v) is 23.6. The molecular weight excluding hydrogens is 1890 g/mol. The van der Waals surface area contributed by atoms with Crippen LogP contribution in [0.25, 0.3) is 0 Å². The summed E-state index contributed by atoms with van der Waals surface area (Å²) in [5.74, 6) is -0.276. The molecule has 10 fully saturated rings. The van der Waals surface area contributed by atoms with Crippen LogP contribution in [0.1, 0.15) is 188 Å². The molecule has 12 N–H and O–H groups in total. The number of aliphatic hydroxyl groups excluding tert-OH is 1. The first kappa shape index (κ1) is 106. The molecule has 19 rings (SSSR count). The van der Waals surface area contributed by atoms with Gasteiger partial charge in [-0.3, -0.25) is 28.9 Å². The summed E-state index contributed by atoms with van der Waals surface area (Å²) < 4.78 is 50.5. The Morgan fingerprint density at radius 1 is 0.415 bits per heavy atom. The molecule has 0 spiro atoms. The number of hydrogen-bond donors (Lipinski definition) is 11. The van der Waals surface area contributed by atoms with Crippen molar-refractivity contribution in [1.82, 2.24) is 80.1 Å². The third-order valence-corrected chi connectivity index (χ3v) is 32.3. The number of nitrogens with zero attached hydrogens (tertiary/aromatic N) is 12. The number of carbonyl (C=O) groups excluding carboxylic acids is 11. The lowest BCUT2D eigenvalue weighted by Crippen LogP contribution is -2.59. The molecule has 12 heterocycles. The lowest BCUT2D eigenvalue weighted by atomic mass is 9.98. The minimum atomic E-state index is -4.59. The van der Waals surface area contributed by atoms with Crippen molar-refractivity contribution in [3.8, 4) is 11.5 Å². The summed E-state index contributed by atoms with van der Waals surface area (Å²) in [5.41, 5.74) is 12.0. The highest BCUT2D eigenvalue weighted by Gasteiger charge is 2.54. The summed E-state index contributed by atoms with van der Waals surface area (Å²) in [7, 11) is 3.04. The van der Waals surface area contributed by atoms with Crippen LogP contribution in [0.2, 0.25) is 0 Å². The second-order valence-electron chi connectivity index (χ2n) is 41.5. The number of nitrogens with one attached hydrogen (secondary N) is 9. The number of alkyl halides is 3. The van der Waals surface area contributed by atoms with E-state index in [9.17, 15) is 71.0 Å². The number of likely N-dealkylation sites (tertiary alicyclic amines) is 9. The van der Waals surface area contributed by atoms with Gasteiger partial charge in [0.1, 0.15) is 29.8 Å². The summed E-state index contributed by atoms with van der Waals surface area (Å²) in [6.45, 7) is 14.5. The van der Waals surface area contributed by atoms with Gasteiger partial charge in [0.05, 0.1) is 62.4 Å². The third-order valence-electron chi connectivity index (χ3n) is 32.3. The number of rotatable bonds is 25. The number of aliphatic hydroxyl groups is 1. The number of anilines is 5. The smallest absolute Gasteiger partial charge is 0.416 e. The van der Waals surface area contributed by atoms with Crippen LogP contribution in [0.4, 0.5) is 70.4 Å². The van der Waals surface area contributed by atoms with Crippen LogP contribution in [-0.4, -0.2) is 328 Å². The topological polar surface area (TPSA) is 400 Å². The van der Waals surface area contributed by atoms with Crippen molar-refractivity contribution < 1.29 is 80.5 Å². The predicted molar refractivity (Wildman–Crippen MR) is 551 cm³/mol. The third kappa shape index (κ3) is 27.0. The van der Waals surface area contributed by atoms with Crippen LogP contribution in [0.3, 0.4) is 0 Å².